The standard InChI is InChI=1S/C25H26ClN5O3/c1-13(2)24-28-10-15(4)23(30-24)19-8-20(14(3)9-27-19)31-16(5)7-21(22(26)25(31)32)34-12-18-11-33-17(6)29-18/h7-11,13H,12H2,1-6H3. The number of rotatable bonds is 6. The van der Waals surface area contributed by atoms with Crippen LogP contribution in [0.25, 0.3) is 17.1 Å². The van der Waals surface area contributed by atoms with Crippen molar-refractivity contribution in [1.82, 2.24) is 24.5 Å². The lowest BCUT2D eigenvalue weighted by atomic mass is 10.1. The molecule has 4 rings (SSSR count). The Morgan fingerprint density at radius 1 is 1.06 bits per heavy atom. The summed E-state index contributed by atoms with van der Waals surface area (Å²) in [7, 11) is 0. The molecule has 0 bridgehead atoms. The Morgan fingerprint density at radius 3 is 2.47 bits per heavy atom. The summed E-state index contributed by atoms with van der Waals surface area (Å²) in [5.74, 6) is 1.76. The van der Waals surface area contributed by atoms with Crippen molar-refractivity contribution >= 4 is 11.6 Å². The lowest BCUT2D eigenvalue weighted by molar-refractivity contribution is 0.300. The van der Waals surface area contributed by atoms with Gasteiger partial charge in [0, 0.05) is 37.0 Å². The molecule has 0 aliphatic carbocycles. The first-order valence-electron chi connectivity index (χ1n) is 10.9. The fourth-order valence-electron chi connectivity index (χ4n) is 3.59. The monoisotopic (exact) mass is 479 g/mol. The van der Waals surface area contributed by atoms with Crippen LogP contribution in [-0.4, -0.2) is 24.5 Å². The van der Waals surface area contributed by atoms with Gasteiger partial charge in [-0.15, -0.1) is 0 Å². The van der Waals surface area contributed by atoms with Gasteiger partial charge in [-0.05, 0) is 38.0 Å². The molecule has 0 fully saturated rings. The summed E-state index contributed by atoms with van der Waals surface area (Å²) >= 11 is 6.44. The Kier molecular flexibility index (Phi) is 6.52. The summed E-state index contributed by atoms with van der Waals surface area (Å²) < 4.78 is 12.5. The molecule has 0 N–H and O–H groups in total. The molecular formula is C25H26ClN5O3. The minimum absolute atomic E-state index is 0.0103. The summed E-state index contributed by atoms with van der Waals surface area (Å²) in [4.78, 5) is 31.2. The van der Waals surface area contributed by atoms with Crippen LogP contribution >= 0.6 is 11.6 Å². The highest BCUT2D eigenvalue weighted by Crippen LogP contribution is 2.28. The first kappa shape index (κ1) is 23.6. The maximum absolute atomic E-state index is 13.3. The van der Waals surface area contributed by atoms with Gasteiger partial charge in [-0.1, -0.05) is 25.4 Å². The fourth-order valence-corrected chi connectivity index (χ4v) is 3.78. The molecule has 0 amide bonds. The number of pyridine rings is 2. The zero-order valence-corrected chi connectivity index (χ0v) is 20.8. The Hall–Kier alpha value is -3.52. The maximum Gasteiger partial charge on any atom is 0.277 e. The summed E-state index contributed by atoms with van der Waals surface area (Å²) in [6, 6.07) is 3.60. The summed E-state index contributed by atoms with van der Waals surface area (Å²) in [5.41, 5.74) is 4.71. The molecule has 0 saturated heterocycles. The van der Waals surface area contributed by atoms with Crippen LogP contribution in [0, 0.1) is 27.7 Å². The molecule has 34 heavy (non-hydrogen) atoms. The van der Waals surface area contributed by atoms with E-state index in [1.165, 1.54) is 6.26 Å². The van der Waals surface area contributed by atoms with Crippen LogP contribution in [0.3, 0.4) is 0 Å². The first-order chi connectivity index (χ1) is 16.2. The molecule has 176 valence electrons. The largest absolute Gasteiger partial charge is 0.485 e. The molecule has 0 aliphatic heterocycles. The third kappa shape index (κ3) is 4.59. The van der Waals surface area contributed by atoms with Gasteiger partial charge in [-0.3, -0.25) is 14.3 Å². The predicted molar refractivity (Wildman–Crippen MR) is 130 cm³/mol. The normalized spacial score (nSPS) is 11.3. The van der Waals surface area contributed by atoms with Crippen LogP contribution in [0.1, 0.15) is 54.0 Å². The smallest absolute Gasteiger partial charge is 0.277 e. The van der Waals surface area contributed by atoms with Gasteiger partial charge >= 0.3 is 0 Å². The molecule has 0 radical (unpaired) electrons. The molecule has 0 aromatic carbocycles. The number of aromatic nitrogens is 5. The van der Waals surface area contributed by atoms with Crippen LogP contribution in [-0.2, 0) is 6.61 Å². The average Bonchev–Trinajstić information content (AvgIpc) is 3.22. The molecule has 0 aliphatic rings. The Bertz CT molecular complexity index is 1420. The van der Waals surface area contributed by atoms with Crippen molar-refractivity contribution in [3.63, 3.8) is 0 Å². The third-order valence-electron chi connectivity index (χ3n) is 5.41. The Labute approximate surface area is 202 Å². The topological polar surface area (TPSA) is 95.9 Å². The van der Waals surface area contributed by atoms with Crippen molar-refractivity contribution < 1.29 is 9.15 Å². The van der Waals surface area contributed by atoms with Crippen molar-refractivity contribution in [2.24, 2.45) is 0 Å². The lowest BCUT2D eigenvalue weighted by Gasteiger charge is -2.17. The molecule has 0 atom stereocenters. The van der Waals surface area contributed by atoms with Crippen molar-refractivity contribution in [2.75, 3.05) is 0 Å². The second-order valence-corrected chi connectivity index (χ2v) is 8.90. The number of nitrogens with zero attached hydrogens (tertiary/aromatic N) is 5. The molecule has 0 unspecified atom stereocenters. The molecule has 8 nitrogen and oxygen atoms in total. The van der Waals surface area contributed by atoms with Gasteiger partial charge in [0.15, 0.2) is 5.89 Å². The number of hydrogen-bond donors (Lipinski definition) is 0. The molecule has 4 heterocycles. The zero-order valence-electron chi connectivity index (χ0n) is 20.0. The highest BCUT2D eigenvalue weighted by molar-refractivity contribution is 6.31. The van der Waals surface area contributed by atoms with Crippen molar-refractivity contribution in [2.45, 2.75) is 54.1 Å². The third-order valence-corrected chi connectivity index (χ3v) is 5.75. The van der Waals surface area contributed by atoms with Gasteiger partial charge in [0.05, 0.1) is 17.1 Å². The number of aryl methyl sites for hydroxylation is 4. The van der Waals surface area contributed by atoms with Crippen LogP contribution in [0.5, 0.6) is 5.75 Å². The molecule has 4 aromatic heterocycles. The summed E-state index contributed by atoms with van der Waals surface area (Å²) in [6.07, 6.45) is 5.05. The van der Waals surface area contributed by atoms with E-state index in [2.05, 4.69) is 15.0 Å². The van der Waals surface area contributed by atoms with Crippen LogP contribution in [0.2, 0.25) is 5.02 Å². The van der Waals surface area contributed by atoms with E-state index in [4.69, 9.17) is 25.7 Å². The van der Waals surface area contributed by atoms with Gasteiger partial charge in [0.25, 0.3) is 5.56 Å². The minimum atomic E-state index is -0.379. The highest BCUT2D eigenvalue weighted by Gasteiger charge is 2.18. The lowest BCUT2D eigenvalue weighted by Crippen LogP contribution is -2.23. The number of halogens is 1. The molecule has 4 aromatic rings. The van der Waals surface area contributed by atoms with Gasteiger partial charge in [0.2, 0.25) is 0 Å². The van der Waals surface area contributed by atoms with Crippen molar-refractivity contribution in [1.29, 1.82) is 0 Å². The van der Waals surface area contributed by atoms with Gasteiger partial charge in [-0.25, -0.2) is 15.0 Å². The molecule has 9 heteroatoms. The second-order valence-electron chi connectivity index (χ2n) is 8.52. The molecule has 0 spiro atoms. The van der Waals surface area contributed by atoms with Crippen molar-refractivity contribution in [3.8, 4) is 22.8 Å². The van der Waals surface area contributed by atoms with Gasteiger partial charge in [-0.2, -0.15) is 0 Å². The summed E-state index contributed by atoms with van der Waals surface area (Å²) in [5, 5.41) is -0.0103. The highest BCUT2D eigenvalue weighted by atomic mass is 35.5. The van der Waals surface area contributed by atoms with E-state index in [1.807, 2.05) is 40.7 Å². The fraction of sp³-hybridized carbons (Fsp3) is 0.320. The van der Waals surface area contributed by atoms with Crippen molar-refractivity contribution in [3.05, 3.63) is 80.4 Å². The van der Waals surface area contributed by atoms with E-state index in [0.29, 0.717) is 34.4 Å². The second kappa shape index (κ2) is 9.38. The number of oxazole rings is 1. The predicted octanol–water partition coefficient (Wildman–Crippen LogP) is 5.27. The first-order valence-corrected chi connectivity index (χ1v) is 11.3. The quantitative estimate of drug-likeness (QED) is 0.371. The van der Waals surface area contributed by atoms with E-state index < -0.39 is 0 Å². The molecule has 0 saturated carbocycles. The molecular weight excluding hydrogens is 454 g/mol. The Morgan fingerprint density at radius 2 is 1.79 bits per heavy atom. The summed E-state index contributed by atoms with van der Waals surface area (Å²) in [6.45, 7) is 11.6. The zero-order chi connectivity index (χ0) is 24.6. The van der Waals surface area contributed by atoms with Gasteiger partial charge < -0.3 is 9.15 Å². The van der Waals surface area contributed by atoms with E-state index in [0.717, 1.165) is 22.6 Å². The minimum Gasteiger partial charge on any atom is -0.485 e. The Balaban J connectivity index is 1.76. The van der Waals surface area contributed by atoms with E-state index >= 15 is 0 Å². The van der Waals surface area contributed by atoms with Crippen LogP contribution in [0.4, 0.5) is 0 Å². The van der Waals surface area contributed by atoms with Crippen LogP contribution in [0.15, 0.2) is 40.0 Å². The number of ether oxygens (including phenoxy) is 1. The van der Waals surface area contributed by atoms with Gasteiger partial charge in [0.1, 0.15) is 35.2 Å². The number of hydrogen-bond acceptors (Lipinski definition) is 7. The van der Waals surface area contributed by atoms with E-state index in [9.17, 15) is 4.79 Å². The SMILES string of the molecule is Cc1nc(COc2cc(C)n(-c3cc(-c4nc(C(C)C)ncc4C)ncc3C)c(=O)c2Cl)co1. The van der Waals surface area contributed by atoms with Crippen LogP contribution < -0.4 is 10.3 Å². The van der Waals surface area contributed by atoms with E-state index in [1.54, 1.807) is 30.0 Å². The maximum atomic E-state index is 13.3. The average molecular weight is 480 g/mol. The van der Waals surface area contributed by atoms with E-state index in [-0.39, 0.29) is 23.1 Å².